The molecule has 0 rings (SSSR count). The first kappa shape index (κ1) is 12.1. The van der Waals surface area contributed by atoms with E-state index in [2.05, 4.69) is 16.1 Å². The van der Waals surface area contributed by atoms with E-state index in [0.717, 1.165) is 5.57 Å². The number of carbonyl (C=O) groups is 1. The molecule has 0 aliphatic heterocycles. The Morgan fingerprint density at radius 2 is 2.23 bits per heavy atom. The maximum atomic E-state index is 12.7. The second kappa shape index (κ2) is 6.60. The first-order chi connectivity index (χ1) is 6.07. The van der Waals surface area contributed by atoms with Gasteiger partial charge < -0.3 is 9.47 Å². The van der Waals surface area contributed by atoms with Crippen molar-refractivity contribution in [3.8, 4) is 0 Å². The number of esters is 1. The van der Waals surface area contributed by atoms with Crippen molar-refractivity contribution in [1.29, 1.82) is 0 Å². The van der Waals surface area contributed by atoms with Crippen LogP contribution in [0.25, 0.3) is 0 Å². The summed E-state index contributed by atoms with van der Waals surface area (Å²) in [6.45, 7) is 7.33. The van der Waals surface area contributed by atoms with Crippen LogP contribution in [0.5, 0.6) is 0 Å². The highest BCUT2D eigenvalue weighted by Gasteiger charge is 2.18. The maximum absolute atomic E-state index is 12.7. The Morgan fingerprint density at radius 3 is 2.69 bits per heavy atom. The summed E-state index contributed by atoms with van der Waals surface area (Å²) in [5.74, 6) is -0.968. The molecule has 0 heterocycles. The average Bonchev–Trinajstić information content (AvgIpc) is 2.04. The monoisotopic (exact) mass is 190 g/mol. The Balaban J connectivity index is 3.55. The molecule has 4 heteroatoms. The van der Waals surface area contributed by atoms with E-state index in [1.54, 1.807) is 13.8 Å². The van der Waals surface area contributed by atoms with Crippen molar-refractivity contribution in [3.63, 3.8) is 0 Å². The van der Waals surface area contributed by atoms with E-state index >= 15 is 0 Å². The fourth-order valence-electron chi connectivity index (χ4n) is 0.612. The molecule has 0 N–H and O–H groups in total. The van der Waals surface area contributed by atoms with Crippen molar-refractivity contribution >= 4 is 5.97 Å². The third-order valence-electron chi connectivity index (χ3n) is 1.26. The average molecular weight is 190 g/mol. The molecule has 0 aromatic rings. The number of carbonyl (C=O) groups excluding carboxylic acids is 1. The summed E-state index contributed by atoms with van der Waals surface area (Å²) >= 11 is 0. The molecule has 0 amide bonds. The lowest BCUT2D eigenvalue weighted by molar-refractivity contribution is -0.169. The van der Waals surface area contributed by atoms with Gasteiger partial charge in [0.15, 0.2) is 0 Å². The molecule has 1 atom stereocenters. The Labute approximate surface area is 77.5 Å². The highest BCUT2D eigenvalue weighted by Crippen LogP contribution is 2.01. The van der Waals surface area contributed by atoms with E-state index in [4.69, 9.17) is 0 Å². The number of halogens is 1. The van der Waals surface area contributed by atoms with Crippen LogP contribution in [-0.4, -0.2) is 25.5 Å². The SMILES string of the molecule is C=C(C)CCOC(F)C(=O)OCC. The minimum Gasteiger partial charge on any atom is -0.462 e. The van der Waals surface area contributed by atoms with E-state index in [1.165, 1.54) is 0 Å². The van der Waals surface area contributed by atoms with Gasteiger partial charge in [-0.25, -0.2) is 9.18 Å². The van der Waals surface area contributed by atoms with E-state index in [1.807, 2.05) is 0 Å². The Hall–Kier alpha value is -0.900. The second-order valence-corrected chi connectivity index (χ2v) is 2.65. The van der Waals surface area contributed by atoms with E-state index in [-0.39, 0.29) is 13.2 Å². The van der Waals surface area contributed by atoms with Crippen molar-refractivity contribution in [1.82, 2.24) is 0 Å². The first-order valence-corrected chi connectivity index (χ1v) is 4.14. The van der Waals surface area contributed by atoms with Gasteiger partial charge in [-0.3, -0.25) is 0 Å². The number of hydrogen-bond acceptors (Lipinski definition) is 3. The van der Waals surface area contributed by atoms with Crippen LogP contribution < -0.4 is 0 Å². The van der Waals surface area contributed by atoms with Crippen molar-refractivity contribution in [2.45, 2.75) is 26.6 Å². The summed E-state index contributed by atoms with van der Waals surface area (Å²) in [5, 5.41) is 0. The molecule has 0 saturated carbocycles. The van der Waals surface area contributed by atoms with Crippen molar-refractivity contribution in [2.24, 2.45) is 0 Å². The van der Waals surface area contributed by atoms with Gasteiger partial charge in [0.1, 0.15) is 0 Å². The van der Waals surface area contributed by atoms with Crippen LogP contribution in [-0.2, 0) is 14.3 Å². The minimum absolute atomic E-state index is 0.148. The molecule has 76 valence electrons. The van der Waals surface area contributed by atoms with Crippen LogP contribution in [0.2, 0.25) is 0 Å². The molecule has 0 spiro atoms. The lowest BCUT2D eigenvalue weighted by Gasteiger charge is -2.08. The molecule has 0 aromatic carbocycles. The van der Waals surface area contributed by atoms with E-state index in [0.29, 0.717) is 6.42 Å². The van der Waals surface area contributed by atoms with Crippen molar-refractivity contribution < 1.29 is 18.7 Å². The van der Waals surface area contributed by atoms with Gasteiger partial charge >= 0.3 is 5.97 Å². The smallest absolute Gasteiger partial charge is 0.368 e. The van der Waals surface area contributed by atoms with E-state index < -0.39 is 12.3 Å². The largest absolute Gasteiger partial charge is 0.462 e. The summed E-state index contributed by atoms with van der Waals surface area (Å²) in [7, 11) is 0. The normalized spacial score (nSPS) is 12.2. The Morgan fingerprint density at radius 1 is 1.62 bits per heavy atom. The van der Waals surface area contributed by atoms with Crippen molar-refractivity contribution in [2.75, 3.05) is 13.2 Å². The second-order valence-electron chi connectivity index (χ2n) is 2.65. The summed E-state index contributed by atoms with van der Waals surface area (Å²) in [6, 6.07) is 0. The number of alkyl halides is 1. The third-order valence-corrected chi connectivity index (χ3v) is 1.26. The summed E-state index contributed by atoms with van der Waals surface area (Å²) in [6.07, 6.45) is -1.43. The standard InChI is InChI=1S/C9H15FO3/c1-4-12-9(11)8(10)13-6-5-7(2)3/h8H,2,4-6H2,1,3H3. The molecule has 0 aliphatic carbocycles. The van der Waals surface area contributed by atoms with Crippen molar-refractivity contribution in [3.05, 3.63) is 12.2 Å². The minimum atomic E-state index is -1.97. The molecular formula is C9H15FO3. The lowest BCUT2D eigenvalue weighted by Crippen LogP contribution is -2.22. The quantitative estimate of drug-likeness (QED) is 0.473. The summed E-state index contributed by atoms with van der Waals surface area (Å²) < 4.78 is 21.7. The van der Waals surface area contributed by atoms with Gasteiger partial charge in [-0.05, 0) is 20.3 Å². The highest BCUT2D eigenvalue weighted by molar-refractivity contribution is 5.72. The van der Waals surface area contributed by atoms with Gasteiger partial charge in [0, 0.05) is 0 Å². The zero-order chi connectivity index (χ0) is 10.3. The highest BCUT2D eigenvalue weighted by atomic mass is 19.1. The number of ether oxygens (including phenoxy) is 2. The topological polar surface area (TPSA) is 35.5 Å². The first-order valence-electron chi connectivity index (χ1n) is 4.14. The third kappa shape index (κ3) is 6.28. The summed E-state index contributed by atoms with van der Waals surface area (Å²) in [5.41, 5.74) is 0.885. The predicted molar refractivity (Wildman–Crippen MR) is 46.9 cm³/mol. The van der Waals surface area contributed by atoms with Crippen LogP contribution in [0.4, 0.5) is 4.39 Å². The molecule has 0 fully saturated rings. The van der Waals surface area contributed by atoms with Crippen LogP contribution in [0.1, 0.15) is 20.3 Å². The van der Waals surface area contributed by atoms with Gasteiger partial charge in [0.05, 0.1) is 13.2 Å². The summed E-state index contributed by atoms with van der Waals surface area (Å²) in [4.78, 5) is 10.7. The Bertz CT molecular complexity index is 180. The fourth-order valence-corrected chi connectivity index (χ4v) is 0.612. The number of rotatable bonds is 6. The zero-order valence-electron chi connectivity index (χ0n) is 8.01. The molecule has 0 saturated heterocycles. The molecule has 0 bridgehead atoms. The van der Waals surface area contributed by atoms with Crippen LogP contribution in [0.3, 0.4) is 0 Å². The number of hydrogen-bond donors (Lipinski definition) is 0. The molecule has 0 radical (unpaired) electrons. The Kier molecular flexibility index (Phi) is 6.14. The molecule has 3 nitrogen and oxygen atoms in total. The van der Waals surface area contributed by atoms with E-state index in [9.17, 15) is 9.18 Å². The van der Waals surface area contributed by atoms with Crippen LogP contribution in [0, 0.1) is 0 Å². The van der Waals surface area contributed by atoms with Crippen LogP contribution in [0.15, 0.2) is 12.2 Å². The van der Waals surface area contributed by atoms with Gasteiger partial charge in [-0.15, -0.1) is 6.58 Å². The molecule has 0 aliphatic rings. The molecule has 0 aromatic heterocycles. The maximum Gasteiger partial charge on any atom is 0.368 e. The van der Waals surface area contributed by atoms with Gasteiger partial charge in [-0.1, -0.05) is 5.57 Å². The van der Waals surface area contributed by atoms with Gasteiger partial charge in [0.25, 0.3) is 6.36 Å². The van der Waals surface area contributed by atoms with Gasteiger partial charge in [-0.2, -0.15) is 0 Å². The fraction of sp³-hybridized carbons (Fsp3) is 0.667. The lowest BCUT2D eigenvalue weighted by atomic mass is 10.3. The molecule has 1 unspecified atom stereocenters. The molecule has 13 heavy (non-hydrogen) atoms. The molecular weight excluding hydrogens is 175 g/mol. The predicted octanol–water partition coefficient (Wildman–Crippen LogP) is 1.83. The van der Waals surface area contributed by atoms with Crippen LogP contribution >= 0.6 is 0 Å². The van der Waals surface area contributed by atoms with Gasteiger partial charge in [0.2, 0.25) is 0 Å². The zero-order valence-corrected chi connectivity index (χ0v) is 8.01.